The lowest BCUT2D eigenvalue weighted by Gasteiger charge is -2.04. The first-order valence-corrected chi connectivity index (χ1v) is 8.99. The van der Waals surface area contributed by atoms with Crippen molar-refractivity contribution in [3.63, 3.8) is 0 Å². The van der Waals surface area contributed by atoms with Crippen LogP contribution in [0.25, 0.3) is 11.3 Å². The quantitative estimate of drug-likeness (QED) is 0.526. The number of rotatable bonds is 5. The van der Waals surface area contributed by atoms with E-state index in [1.807, 2.05) is 31.2 Å². The van der Waals surface area contributed by atoms with Gasteiger partial charge in [-0.1, -0.05) is 0 Å². The second-order valence-corrected chi connectivity index (χ2v) is 6.93. The highest BCUT2D eigenvalue weighted by atomic mass is 32.1. The highest BCUT2D eigenvalue weighted by Gasteiger charge is 2.13. The Labute approximate surface area is 160 Å². The van der Waals surface area contributed by atoms with Crippen LogP contribution in [0.3, 0.4) is 0 Å². The maximum Gasteiger partial charge on any atom is 0.308 e. The zero-order valence-corrected chi connectivity index (χ0v) is 15.9. The minimum Gasteiger partial charge on any atom is -0.497 e. The number of carbonyl (C=O) groups is 2. The molecule has 27 heavy (non-hydrogen) atoms. The van der Waals surface area contributed by atoms with Crippen LogP contribution in [0.1, 0.15) is 22.2 Å². The van der Waals surface area contributed by atoms with Gasteiger partial charge in [0.2, 0.25) is 0 Å². The Morgan fingerprint density at radius 2 is 1.63 bits per heavy atom. The summed E-state index contributed by atoms with van der Waals surface area (Å²) in [4.78, 5) is 28.9. The molecule has 1 aromatic heterocycles. The summed E-state index contributed by atoms with van der Waals surface area (Å²) in [7, 11) is 1.62. The summed E-state index contributed by atoms with van der Waals surface area (Å²) in [5, 5.41) is 3.33. The Bertz CT molecular complexity index is 963. The minimum atomic E-state index is -0.406. The zero-order chi connectivity index (χ0) is 19.4. The predicted molar refractivity (Wildman–Crippen MR) is 105 cm³/mol. The Balaban J connectivity index is 1.73. The highest BCUT2D eigenvalue weighted by Crippen LogP contribution is 2.31. The molecule has 0 aliphatic carbocycles. The Hall–Kier alpha value is -3.19. The van der Waals surface area contributed by atoms with Gasteiger partial charge in [-0.25, -0.2) is 4.98 Å². The maximum absolute atomic E-state index is 12.4. The second kappa shape index (κ2) is 8.01. The average Bonchev–Trinajstić information content (AvgIpc) is 3.02. The first-order chi connectivity index (χ1) is 13.0. The van der Waals surface area contributed by atoms with Gasteiger partial charge in [0.15, 0.2) is 5.13 Å². The van der Waals surface area contributed by atoms with Gasteiger partial charge in [0, 0.05) is 22.9 Å². The van der Waals surface area contributed by atoms with Gasteiger partial charge >= 0.3 is 5.97 Å². The van der Waals surface area contributed by atoms with E-state index in [2.05, 4.69) is 10.3 Å². The van der Waals surface area contributed by atoms with Gasteiger partial charge in [0.05, 0.1) is 12.8 Å². The number of thiazole rings is 1. The van der Waals surface area contributed by atoms with Crippen molar-refractivity contribution < 1.29 is 19.1 Å². The van der Waals surface area contributed by atoms with Crippen molar-refractivity contribution >= 4 is 28.3 Å². The van der Waals surface area contributed by atoms with Crippen LogP contribution in [0, 0.1) is 6.92 Å². The summed E-state index contributed by atoms with van der Waals surface area (Å²) in [5.41, 5.74) is 2.23. The Morgan fingerprint density at radius 1 is 1.00 bits per heavy atom. The predicted octanol–water partition coefficient (Wildman–Crippen LogP) is 4.30. The molecule has 1 heterocycles. The molecule has 2 aromatic carbocycles. The monoisotopic (exact) mass is 382 g/mol. The molecule has 0 atom stereocenters. The highest BCUT2D eigenvalue weighted by molar-refractivity contribution is 7.16. The van der Waals surface area contributed by atoms with Crippen molar-refractivity contribution in [3.05, 3.63) is 59.0 Å². The lowest BCUT2D eigenvalue weighted by molar-refractivity contribution is -0.131. The van der Waals surface area contributed by atoms with Crippen molar-refractivity contribution in [2.24, 2.45) is 0 Å². The molecule has 0 aliphatic heterocycles. The van der Waals surface area contributed by atoms with Gasteiger partial charge in [-0.05, 0) is 55.5 Å². The minimum absolute atomic E-state index is 0.278. The SMILES string of the molecule is COc1ccc(-c2nc(NC(=O)c3ccc(OC(C)=O)cc3)sc2C)cc1. The lowest BCUT2D eigenvalue weighted by atomic mass is 10.1. The molecule has 3 rings (SSSR count). The smallest absolute Gasteiger partial charge is 0.308 e. The maximum atomic E-state index is 12.4. The molecule has 0 spiro atoms. The van der Waals surface area contributed by atoms with Gasteiger partial charge in [0.1, 0.15) is 11.5 Å². The van der Waals surface area contributed by atoms with E-state index in [9.17, 15) is 9.59 Å². The summed E-state index contributed by atoms with van der Waals surface area (Å²) in [6.45, 7) is 3.28. The van der Waals surface area contributed by atoms with Crippen LogP contribution in [0.5, 0.6) is 11.5 Å². The Morgan fingerprint density at radius 3 is 2.22 bits per heavy atom. The standard InChI is InChI=1S/C20H18N2O4S/c1-12-18(14-4-8-16(25-3)9-5-14)21-20(27-12)22-19(24)15-6-10-17(11-7-15)26-13(2)23/h4-11H,1-3H3,(H,21,22,24). The van der Waals surface area contributed by atoms with Crippen molar-refractivity contribution in [2.75, 3.05) is 12.4 Å². The summed E-state index contributed by atoms with van der Waals surface area (Å²) in [6, 6.07) is 13.9. The number of anilines is 1. The first kappa shape index (κ1) is 18.6. The second-order valence-electron chi connectivity index (χ2n) is 5.72. The fourth-order valence-electron chi connectivity index (χ4n) is 2.48. The number of ether oxygens (including phenoxy) is 2. The van der Waals surface area contributed by atoms with Crippen LogP contribution in [0.4, 0.5) is 5.13 Å². The van der Waals surface area contributed by atoms with Crippen molar-refractivity contribution in [2.45, 2.75) is 13.8 Å². The summed E-state index contributed by atoms with van der Waals surface area (Å²) in [5.74, 6) is 0.485. The van der Waals surface area contributed by atoms with Crippen LogP contribution in [0.2, 0.25) is 0 Å². The largest absolute Gasteiger partial charge is 0.497 e. The number of aromatic nitrogens is 1. The molecular weight excluding hydrogens is 364 g/mol. The summed E-state index contributed by atoms with van der Waals surface area (Å²) < 4.78 is 10.1. The van der Waals surface area contributed by atoms with Gasteiger partial charge in [-0.2, -0.15) is 0 Å². The van der Waals surface area contributed by atoms with E-state index in [1.165, 1.54) is 18.3 Å². The number of esters is 1. The number of aryl methyl sites for hydroxylation is 1. The summed E-state index contributed by atoms with van der Waals surface area (Å²) >= 11 is 1.41. The van der Waals surface area contributed by atoms with E-state index in [-0.39, 0.29) is 5.91 Å². The van der Waals surface area contributed by atoms with Gasteiger partial charge < -0.3 is 9.47 Å². The van der Waals surface area contributed by atoms with Gasteiger partial charge in [-0.15, -0.1) is 11.3 Å². The van der Waals surface area contributed by atoms with E-state index in [0.29, 0.717) is 16.4 Å². The fourth-order valence-corrected chi connectivity index (χ4v) is 3.31. The summed E-state index contributed by atoms with van der Waals surface area (Å²) in [6.07, 6.45) is 0. The molecule has 0 saturated carbocycles. The average molecular weight is 382 g/mol. The third-order valence-corrected chi connectivity index (χ3v) is 4.64. The molecule has 0 fully saturated rings. The lowest BCUT2D eigenvalue weighted by Crippen LogP contribution is -2.11. The van der Waals surface area contributed by atoms with Crippen molar-refractivity contribution in [3.8, 4) is 22.8 Å². The number of methoxy groups -OCH3 is 1. The molecule has 0 saturated heterocycles. The Kier molecular flexibility index (Phi) is 5.52. The normalized spacial score (nSPS) is 10.3. The molecule has 0 radical (unpaired) electrons. The van der Waals surface area contributed by atoms with Crippen molar-refractivity contribution in [1.29, 1.82) is 0 Å². The van der Waals surface area contributed by atoms with Crippen LogP contribution in [-0.2, 0) is 4.79 Å². The first-order valence-electron chi connectivity index (χ1n) is 8.18. The third kappa shape index (κ3) is 4.51. The molecule has 0 bridgehead atoms. The molecule has 0 unspecified atom stereocenters. The van der Waals surface area contributed by atoms with E-state index >= 15 is 0 Å². The number of hydrogen-bond donors (Lipinski definition) is 1. The molecule has 0 aliphatic rings. The van der Waals surface area contributed by atoms with Crippen LogP contribution < -0.4 is 14.8 Å². The number of amides is 1. The van der Waals surface area contributed by atoms with Gasteiger partial charge in [0.25, 0.3) is 5.91 Å². The number of carbonyl (C=O) groups excluding carboxylic acids is 2. The van der Waals surface area contributed by atoms with E-state index in [0.717, 1.165) is 21.9 Å². The molecule has 6 nitrogen and oxygen atoms in total. The molecule has 1 amide bonds. The number of benzene rings is 2. The van der Waals surface area contributed by atoms with Crippen LogP contribution >= 0.6 is 11.3 Å². The molecule has 1 N–H and O–H groups in total. The van der Waals surface area contributed by atoms with Crippen LogP contribution in [0.15, 0.2) is 48.5 Å². The number of nitrogens with zero attached hydrogens (tertiary/aromatic N) is 1. The van der Waals surface area contributed by atoms with Crippen molar-refractivity contribution in [1.82, 2.24) is 4.98 Å². The van der Waals surface area contributed by atoms with E-state index in [4.69, 9.17) is 9.47 Å². The van der Waals surface area contributed by atoms with E-state index in [1.54, 1.807) is 31.4 Å². The third-order valence-electron chi connectivity index (χ3n) is 3.76. The van der Waals surface area contributed by atoms with E-state index < -0.39 is 5.97 Å². The van der Waals surface area contributed by atoms with Crippen LogP contribution in [-0.4, -0.2) is 24.0 Å². The van der Waals surface area contributed by atoms with Gasteiger partial charge in [-0.3, -0.25) is 14.9 Å². The number of nitrogens with one attached hydrogen (secondary N) is 1. The fraction of sp³-hybridized carbons (Fsp3) is 0.150. The number of hydrogen-bond acceptors (Lipinski definition) is 6. The molecule has 3 aromatic rings. The zero-order valence-electron chi connectivity index (χ0n) is 15.1. The molecule has 7 heteroatoms. The molecular formula is C20H18N2O4S. The topological polar surface area (TPSA) is 77.5 Å². The molecule has 138 valence electrons.